The molecule has 0 aromatic heterocycles. The van der Waals surface area contributed by atoms with Gasteiger partial charge in [-0.05, 0) is 247 Å². The highest BCUT2D eigenvalue weighted by atomic mass is 32.2. The molecule has 8 aromatic carbocycles. The smallest absolute Gasteiger partial charge is 0.315 e. The van der Waals surface area contributed by atoms with Crippen molar-refractivity contribution in [3.8, 4) is 17.2 Å². The van der Waals surface area contributed by atoms with Crippen molar-refractivity contribution in [2.24, 2.45) is 0 Å². The Balaban J connectivity index is 0.849. The maximum absolute atomic E-state index is 15.0. The highest BCUT2D eigenvalue weighted by Crippen LogP contribution is 2.47. The van der Waals surface area contributed by atoms with Gasteiger partial charge in [-0.3, -0.25) is 27.0 Å². The van der Waals surface area contributed by atoms with Gasteiger partial charge in [-0.1, -0.05) is 78.9 Å². The number of carbonyl (C=O) groups excluding carboxylic acids is 3. The predicted octanol–water partition coefficient (Wildman–Crippen LogP) is 16.5. The van der Waals surface area contributed by atoms with Crippen LogP contribution in [0.2, 0.25) is 0 Å². The first kappa shape index (κ1) is 61.2. The standard InChI is InChI=1S/C74H57F3O9S3/c1-43-63(33-47-11-22-57(23-12-47)87(4)81)60-28-17-51(75)36-69(60)66(43)40-72(78)84-54-20-9-46(10-21-54)7-8-50-31-55(85-73(79)41-67-44(2)64(61-29-18-52(76)37-70(61)67)34-48-13-24-58(25-14-48)88(5)82)39-56(32-50)86-74(80)42-68-45(3)65(62-30-19-53(77)38-71(62)68)35-49-15-26-59(27-16-49)89(6)83/h7-39H,40-42H2,1-6H3. The van der Waals surface area contributed by atoms with Gasteiger partial charge in [0.25, 0.3) is 0 Å². The third-order valence-corrected chi connectivity index (χ3v) is 18.6. The predicted molar refractivity (Wildman–Crippen MR) is 349 cm³/mol. The number of halogens is 3. The van der Waals surface area contributed by atoms with Crippen molar-refractivity contribution in [3.63, 3.8) is 0 Å². The molecule has 0 heterocycles. The molecule has 0 bridgehead atoms. The van der Waals surface area contributed by atoms with E-state index in [0.717, 1.165) is 66.8 Å². The maximum Gasteiger partial charge on any atom is 0.315 e. The van der Waals surface area contributed by atoms with Crippen LogP contribution in [0, 0.1) is 17.5 Å². The minimum absolute atomic E-state index is 0.0407. The van der Waals surface area contributed by atoms with Gasteiger partial charge >= 0.3 is 17.9 Å². The van der Waals surface area contributed by atoms with Crippen LogP contribution >= 0.6 is 0 Å². The van der Waals surface area contributed by atoms with E-state index in [1.807, 2.05) is 75.4 Å². The maximum atomic E-state index is 15.0. The molecule has 9 nitrogen and oxygen atoms in total. The van der Waals surface area contributed by atoms with Crippen molar-refractivity contribution in [2.45, 2.75) is 54.7 Å². The Labute approximate surface area is 521 Å². The van der Waals surface area contributed by atoms with Crippen LogP contribution in [0.4, 0.5) is 13.2 Å². The first-order chi connectivity index (χ1) is 42.7. The molecule has 446 valence electrons. The summed E-state index contributed by atoms with van der Waals surface area (Å²) in [5.41, 5.74) is 14.0. The Kier molecular flexibility index (Phi) is 18.0. The molecule has 0 saturated heterocycles. The monoisotopic (exact) mass is 1240 g/mol. The van der Waals surface area contributed by atoms with Crippen LogP contribution in [0.5, 0.6) is 17.2 Å². The van der Waals surface area contributed by atoms with Crippen molar-refractivity contribution in [2.75, 3.05) is 18.8 Å². The second-order valence-electron chi connectivity index (χ2n) is 21.7. The Bertz CT molecular complexity index is 4370. The van der Waals surface area contributed by atoms with Crippen molar-refractivity contribution in [1.82, 2.24) is 0 Å². The van der Waals surface area contributed by atoms with Crippen LogP contribution < -0.4 is 14.2 Å². The quantitative estimate of drug-likeness (QED) is 0.0497. The molecule has 0 aliphatic heterocycles. The number of hydrogen-bond donors (Lipinski definition) is 0. The number of benzene rings is 8. The average molecular weight is 1240 g/mol. The first-order valence-electron chi connectivity index (χ1n) is 28.2. The number of fused-ring (bicyclic) bond motifs is 3. The third-order valence-electron chi connectivity index (χ3n) is 15.8. The van der Waals surface area contributed by atoms with Crippen LogP contribution in [0.15, 0.2) is 201 Å². The van der Waals surface area contributed by atoms with E-state index in [1.165, 1.54) is 42.5 Å². The topological polar surface area (TPSA) is 130 Å². The molecule has 11 rings (SSSR count). The van der Waals surface area contributed by atoms with Crippen LogP contribution in [-0.4, -0.2) is 49.3 Å². The molecule has 0 radical (unpaired) electrons. The van der Waals surface area contributed by atoms with E-state index >= 15 is 0 Å². The van der Waals surface area contributed by atoms with Gasteiger partial charge in [-0.2, -0.15) is 0 Å². The van der Waals surface area contributed by atoms with Gasteiger partial charge in [0.15, 0.2) is 0 Å². The SMILES string of the molecule is CC1=C(CC(=O)Oc2ccc(C=Cc3cc(OC(=O)CC4=C(C)C(=Cc5ccc(S(C)=O)cc5)c5ccc(F)cc54)cc(OC(=O)CC4=C(C)C(=Cc5ccc(S(C)=O)cc5)c5ccc(F)cc54)c3)cc2)c2cc(F)ccc2C1=Cc1ccc(S(C)=O)cc1. The number of rotatable bonds is 17. The zero-order valence-electron chi connectivity index (χ0n) is 49.2. The Morgan fingerprint density at radius 2 is 0.640 bits per heavy atom. The number of ether oxygens (including phenoxy) is 3. The molecule has 0 saturated carbocycles. The molecule has 15 heteroatoms. The van der Waals surface area contributed by atoms with Gasteiger partial charge in [-0.25, -0.2) is 13.2 Å². The molecular weight excluding hydrogens is 1190 g/mol. The Hall–Kier alpha value is -9.41. The first-order valence-corrected chi connectivity index (χ1v) is 32.9. The van der Waals surface area contributed by atoms with E-state index in [4.69, 9.17) is 14.2 Å². The highest BCUT2D eigenvalue weighted by Gasteiger charge is 2.30. The molecule has 0 fully saturated rings. The molecule has 0 spiro atoms. The summed E-state index contributed by atoms with van der Waals surface area (Å²) >= 11 is 0. The van der Waals surface area contributed by atoms with Crippen molar-refractivity contribution in [1.29, 1.82) is 0 Å². The largest absolute Gasteiger partial charge is 0.426 e. The van der Waals surface area contributed by atoms with E-state index in [2.05, 4.69) is 0 Å². The molecular formula is C74H57F3O9S3. The number of allylic oxidation sites excluding steroid dienone is 6. The molecule has 0 N–H and O–H groups in total. The summed E-state index contributed by atoms with van der Waals surface area (Å²) < 4.78 is 98.8. The minimum Gasteiger partial charge on any atom is -0.426 e. The van der Waals surface area contributed by atoms with E-state index in [9.17, 15) is 40.2 Å². The lowest BCUT2D eigenvalue weighted by Crippen LogP contribution is -2.11. The summed E-state index contributed by atoms with van der Waals surface area (Å²) in [4.78, 5) is 44.0. The summed E-state index contributed by atoms with van der Waals surface area (Å²) in [7, 11) is -3.47. The van der Waals surface area contributed by atoms with Gasteiger partial charge in [0.2, 0.25) is 0 Å². The zero-order valence-corrected chi connectivity index (χ0v) is 51.7. The molecule has 0 amide bonds. The summed E-state index contributed by atoms with van der Waals surface area (Å²) in [6.07, 6.45) is 13.5. The number of esters is 3. The van der Waals surface area contributed by atoms with E-state index in [1.54, 1.807) is 122 Å². The van der Waals surface area contributed by atoms with E-state index in [-0.39, 0.29) is 36.5 Å². The summed E-state index contributed by atoms with van der Waals surface area (Å²) in [5.74, 6) is -2.97. The van der Waals surface area contributed by atoms with Gasteiger partial charge < -0.3 is 14.2 Å². The Morgan fingerprint density at radius 1 is 0.348 bits per heavy atom. The lowest BCUT2D eigenvalue weighted by Gasteiger charge is -2.12. The van der Waals surface area contributed by atoms with E-state index < -0.39 is 67.8 Å². The van der Waals surface area contributed by atoms with Gasteiger partial charge in [-0.15, -0.1) is 0 Å². The van der Waals surface area contributed by atoms with Crippen LogP contribution in [0.25, 0.3) is 63.8 Å². The zero-order chi connectivity index (χ0) is 62.8. The lowest BCUT2D eigenvalue weighted by atomic mass is 10.0. The number of carbonyl (C=O) groups is 3. The lowest BCUT2D eigenvalue weighted by molar-refractivity contribution is -0.134. The highest BCUT2D eigenvalue weighted by molar-refractivity contribution is 7.84. The molecule has 3 atom stereocenters. The van der Waals surface area contributed by atoms with Crippen molar-refractivity contribution < 1.29 is 54.4 Å². The second-order valence-corrected chi connectivity index (χ2v) is 25.9. The van der Waals surface area contributed by atoms with Crippen LogP contribution in [0.1, 0.15) is 101 Å². The summed E-state index contributed by atoms with van der Waals surface area (Å²) in [6.45, 7) is 5.60. The fourth-order valence-corrected chi connectivity index (χ4v) is 12.9. The molecule has 89 heavy (non-hydrogen) atoms. The fraction of sp³-hybridized carbons (Fsp3) is 0.122. The van der Waals surface area contributed by atoms with Crippen LogP contribution in [-0.2, 0) is 46.8 Å². The van der Waals surface area contributed by atoms with Crippen molar-refractivity contribution in [3.05, 3.63) is 265 Å². The number of hydrogen-bond acceptors (Lipinski definition) is 9. The molecule has 3 aliphatic carbocycles. The summed E-state index contributed by atoms with van der Waals surface area (Å²) in [5, 5.41) is 0. The second kappa shape index (κ2) is 26.1. The molecule has 3 unspecified atom stereocenters. The van der Waals surface area contributed by atoms with Gasteiger partial charge in [0.05, 0.1) is 19.3 Å². The van der Waals surface area contributed by atoms with Gasteiger partial charge in [0, 0.05) is 71.9 Å². The van der Waals surface area contributed by atoms with Gasteiger partial charge in [0.1, 0.15) is 34.7 Å². The fourth-order valence-electron chi connectivity index (χ4n) is 11.3. The normalized spacial score (nSPS) is 15.9. The van der Waals surface area contributed by atoms with Crippen molar-refractivity contribution >= 4 is 114 Å². The Morgan fingerprint density at radius 3 is 0.955 bits per heavy atom. The average Bonchev–Trinajstić information content (AvgIpc) is 1.68. The third kappa shape index (κ3) is 13.8. The molecule has 8 aromatic rings. The van der Waals surface area contributed by atoms with Crippen LogP contribution in [0.3, 0.4) is 0 Å². The summed E-state index contributed by atoms with van der Waals surface area (Å²) in [6, 6.07) is 46.6. The van der Waals surface area contributed by atoms with E-state index in [0.29, 0.717) is 59.2 Å². The minimum atomic E-state index is -1.17. The molecule has 3 aliphatic rings.